The van der Waals surface area contributed by atoms with E-state index in [0.717, 1.165) is 13.0 Å². The molecule has 1 aromatic carbocycles. The lowest BCUT2D eigenvalue weighted by Crippen LogP contribution is -2.23. The number of benzene rings is 1. The monoisotopic (exact) mass is 192 g/mol. The van der Waals surface area contributed by atoms with Gasteiger partial charge in [-0.15, -0.1) is 0 Å². The van der Waals surface area contributed by atoms with Crippen molar-refractivity contribution in [2.24, 2.45) is 5.92 Å². The van der Waals surface area contributed by atoms with Gasteiger partial charge in [-0.2, -0.15) is 0 Å². The first-order chi connectivity index (χ1) is 6.83. The first-order valence-corrected chi connectivity index (χ1v) is 5.13. The van der Waals surface area contributed by atoms with Gasteiger partial charge in [0.05, 0.1) is 12.7 Å². The fourth-order valence-electron chi connectivity index (χ4n) is 1.99. The summed E-state index contributed by atoms with van der Waals surface area (Å²) in [7, 11) is 0. The highest BCUT2D eigenvalue weighted by Gasteiger charge is 2.24. The second-order valence-corrected chi connectivity index (χ2v) is 3.90. The minimum atomic E-state index is 0.0740. The molecule has 0 saturated carbocycles. The van der Waals surface area contributed by atoms with E-state index < -0.39 is 0 Å². The lowest BCUT2D eigenvalue weighted by atomic mass is 9.91. The molecule has 1 unspecified atom stereocenters. The van der Waals surface area contributed by atoms with Crippen molar-refractivity contribution in [3.63, 3.8) is 0 Å². The van der Waals surface area contributed by atoms with Crippen LogP contribution in [0.5, 0.6) is 0 Å². The Hall–Kier alpha value is -0.860. The molecule has 1 heterocycles. The molecule has 76 valence electrons. The van der Waals surface area contributed by atoms with Crippen molar-refractivity contribution in [1.29, 1.82) is 0 Å². The summed E-state index contributed by atoms with van der Waals surface area (Å²) in [6.07, 6.45) is 1.06. The van der Waals surface area contributed by atoms with Crippen LogP contribution in [0.2, 0.25) is 0 Å². The molecule has 0 saturated heterocycles. The van der Waals surface area contributed by atoms with E-state index in [4.69, 9.17) is 9.84 Å². The summed E-state index contributed by atoms with van der Waals surface area (Å²) in [5.41, 5.74) is 2.62. The zero-order valence-corrected chi connectivity index (χ0v) is 8.44. The molecule has 2 rings (SSSR count). The lowest BCUT2D eigenvalue weighted by Gasteiger charge is -2.29. The van der Waals surface area contributed by atoms with Gasteiger partial charge in [0.1, 0.15) is 0 Å². The first-order valence-electron chi connectivity index (χ1n) is 5.13. The lowest BCUT2D eigenvalue weighted by molar-refractivity contribution is -0.0103. The Kier molecular flexibility index (Phi) is 2.85. The van der Waals surface area contributed by atoms with Gasteiger partial charge < -0.3 is 9.84 Å². The summed E-state index contributed by atoms with van der Waals surface area (Å²) in [5.74, 6) is 0.177. The zero-order valence-electron chi connectivity index (χ0n) is 8.44. The molecule has 2 atom stereocenters. The number of aliphatic hydroxyl groups is 1. The maximum atomic E-state index is 9.13. The van der Waals surface area contributed by atoms with Gasteiger partial charge >= 0.3 is 0 Å². The van der Waals surface area contributed by atoms with Gasteiger partial charge in [0.15, 0.2) is 0 Å². The van der Waals surface area contributed by atoms with E-state index >= 15 is 0 Å². The maximum absolute atomic E-state index is 9.13. The molecule has 1 aliphatic rings. The first kappa shape index (κ1) is 9.69. The molecular formula is C12H16O2. The number of hydrogen-bond acceptors (Lipinski definition) is 2. The quantitative estimate of drug-likeness (QED) is 0.775. The smallest absolute Gasteiger partial charge is 0.0875 e. The predicted octanol–water partition coefficient (Wildman–Crippen LogP) is 1.93. The van der Waals surface area contributed by atoms with Crippen LogP contribution < -0.4 is 0 Å². The summed E-state index contributed by atoms with van der Waals surface area (Å²) in [5, 5.41) is 9.13. The Morgan fingerprint density at radius 3 is 3.07 bits per heavy atom. The van der Waals surface area contributed by atoms with E-state index in [1.807, 2.05) is 13.0 Å². The van der Waals surface area contributed by atoms with Crippen molar-refractivity contribution in [1.82, 2.24) is 0 Å². The molecule has 0 radical (unpaired) electrons. The fourth-order valence-corrected chi connectivity index (χ4v) is 1.99. The topological polar surface area (TPSA) is 29.5 Å². The average molecular weight is 192 g/mol. The fraction of sp³-hybridized carbons (Fsp3) is 0.500. The highest BCUT2D eigenvalue weighted by atomic mass is 16.5. The van der Waals surface area contributed by atoms with Crippen LogP contribution in [-0.4, -0.2) is 18.3 Å². The third-order valence-electron chi connectivity index (χ3n) is 2.84. The summed E-state index contributed by atoms with van der Waals surface area (Å²) >= 11 is 0. The van der Waals surface area contributed by atoms with E-state index in [1.165, 1.54) is 11.1 Å². The van der Waals surface area contributed by atoms with Crippen LogP contribution in [0.4, 0.5) is 0 Å². The Labute approximate surface area is 84.5 Å². The highest BCUT2D eigenvalue weighted by Crippen LogP contribution is 2.32. The van der Waals surface area contributed by atoms with Gasteiger partial charge in [0.2, 0.25) is 0 Å². The number of rotatable bonds is 2. The third-order valence-corrected chi connectivity index (χ3v) is 2.84. The maximum Gasteiger partial charge on any atom is 0.0875 e. The summed E-state index contributed by atoms with van der Waals surface area (Å²) in [6, 6.07) is 8.34. The molecule has 0 aromatic heterocycles. The Morgan fingerprint density at radius 2 is 2.29 bits per heavy atom. The standard InChI is InChI=1S/C12H16O2/c1-9(8-13)12-11-5-3-2-4-10(11)6-7-14-12/h2-5,9,12-13H,6-8H2,1H3/t9-,12?/m0/s1. The molecule has 1 aliphatic heterocycles. The summed E-state index contributed by atoms with van der Waals surface area (Å²) < 4.78 is 5.70. The van der Waals surface area contributed by atoms with Gasteiger partial charge in [-0.05, 0) is 17.5 Å². The van der Waals surface area contributed by atoms with E-state index in [2.05, 4.69) is 18.2 Å². The van der Waals surface area contributed by atoms with Crippen molar-refractivity contribution < 1.29 is 9.84 Å². The van der Waals surface area contributed by atoms with Crippen molar-refractivity contribution >= 4 is 0 Å². The second kappa shape index (κ2) is 4.11. The van der Waals surface area contributed by atoms with Crippen molar-refractivity contribution in [2.45, 2.75) is 19.4 Å². The largest absolute Gasteiger partial charge is 0.396 e. The van der Waals surface area contributed by atoms with Crippen LogP contribution in [-0.2, 0) is 11.2 Å². The Bertz CT molecular complexity index is 309. The molecule has 1 aromatic rings. The van der Waals surface area contributed by atoms with E-state index in [-0.39, 0.29) is 18.6 Å². The van der Waals surface area contributed by atoms with Crippen LogP contribution in [0.25, 0.3) is 0 Å². The number of hydrogen-bond donors (Lipinski definition) is 1. The number of ether oxygens (including phenoxy) is 1. The average Bonchev–Trinajstić information content (AvgIpc) is 2.27. The van der Waals surface area contributed by atoms with Gasteiger partial charge in [-0.1, -0.05) is 31.2 Å². The minimum absolute atomic E-state index is 0.0740. The summed E-state index contributed by atoms with van der Waals surface area (Å²) in [4.78, 5) is 0. The number of fused-ring (bicyclic) bond motifs is 1. The molecule has 0 bridgehead atoms. The van der Waals surface area contributed by atoms with Crippen molar-refractivity contribution in [3.05, 3.63) is 35.4 Å². The van der Waals surface area contributed by atoms with Crippen LogP contribution in [0.15, 0.2) is 24.3 Å². The van der Waals surface area contributed by atoms with E-state index in [1.54, 1.807) is 0 Å². The second-order valence-electron chi connectivity index (χ2n) is 3.90. The molecule has 1 N–H and O–H groups in total. The molecule has 2 heteroatoms. The van der Waals surface area contributed by atoms with Crippen molar-refractivity contribution in [3.8, 4) is 0 Å². The van der Waals surface area contributed by atoms with Crippen LogP contribution in [0.1, 0.15) is 24.2 Å². The van der Waals surface area contributed by atoms with E-state index in [0.29, 0.717) is 0 Å². The van der Waals surface area contributed by atoms with E-state index in [9.17, 15) is 0 Å². The predicted molar refractivity (Wildman–Crippen MR) is 55.1 cm³/mol. The minimum Gasteiger partial charge on any atom is -0.396 e. The molecule has 0 amide bonds. The normalized spacial score (nSPS) is 22.9. The SMILES string of the molecule is C[C@@H](CO)C1OCCc2ccccc21. The molecule has 0 spiro atoms. The Morgan fingerprint density at radius 1 is 1.50 bits per heavy atom. The third kappa shape index (κ3) is 1.68. The molecule has 2 nitrogen and oxygen atoms in total. The van der Waals surface area contributed by atoms with Gasteiger partial charge in [-0.25, -0.2) is 0 Å². The molecule has 14 heavy (non-hydrogen) atoms. The van der Waals surface area contributed by atoms with Crippen LogP contribution in [0.3, 0.4) is 0 Å². The highest BCUT2D eigenvalue weighted by molar-refractivity contribution is 5.31. The molecule has 0 aliphatic carbocycles. The molecule has 0 fully saturated rings. The Balaban J connectivity index is 2.30. The van der Waals surface area contributed by atoms with Crippen molar-refractivity contribution in [2.75, 3.05) is 13.2 Å². The van der Waals surface area contributed by atoms with Crippen LogP contribution in [0, 0.1) is 5.92 Å². The summed E-state index contributed by atoms with van der Waals surface area (Å²) in [6.45, 7) is 2.97. The van der Waals surface area contributed by atoms with Gasteiger partial charge in [0, 0.05) is 12.5 Å². The van der Waals surface area contributed by atoms with Gasteiger partial charge in [0.25, 0.3) is 0 Å². The van der Waals surface area contributed by atoms with Gasteiger partial charge in [-0.3, -0.25) is 0 Å². The zero-order chi connectivity index (χ0) is 9.97. The van der Waals surface area contributed by atoms with Crippen LogP contribution >= 0.6 is 0 Å². The molecular weight excluding hydrogens is 176 g/mol. The number of aliphatic hydroxyl groups excluding tert-OH is 1.